The number of hydrogen-bond donors (Lipinski definition) is 1. The van der Waals surface area contributed by atoms with E-state index in [-0.39, 0.29) is 0 Å². The summed E-state index contributed by atoms with van der Waals surface area (Å²) in [4.78, 5) is 8.51. The standard InChI is InChI=1S/C17H24N2/c1-11-9-12(2)15-14(10-11)18-16(19-15)13-7-5-6-8-17(13,3)4/h9-10,13H,5-8H2,1-4H3,(H,18,19). The second kappa shape index (κ2) is 4.36. The molecule has 1 saturated carbocycles. The summed E-state index contributed by atoms with van der Waals surface area (Å²) < 4.78 is 0. The van der Waals surface area contributed by atoms with Gasteiger partial charge in [0.2, 0.25) is 0 Å². The average Bonchev–Trinajstić information content (AvgIpc) is 2.72. The molecule has 0 aliphatic heterocycles. The van der Waals surface area contributed by atoms with Crippen molar-refractivity contribution in [1.29, 1.82) is 0 Å². The lowest BCUT2D eigenvalue weighted by Crippen LogP contribution is -2.26. The van der Waals surface area contributed by atoms with Crippen molar-refractivity contribution in [2.45, 2.75) is 59.3 Å². The fourth-order valence-electron chi connectivity index (χ4n) is 3.66. The minimum absolute atomic E-state index is 0.370. The van der Waals surface area contributed by atoms with E-state index in [4.69, 9.17) is 4.98 Å². The van der Waals surface area contributed by atoms with Crippen molar-refractivity contribution in [3.8, 4) is 0 Å². The molecule has 1 aromatic carbocycles. The normalized spacial score (nSPS) is 22.8. The molecule has 1 heterocycles. The van der Waals surface area contributed by atoms with Crippen LogP contribution in [0.3, 0.4) is 0 Å². The lowest BCUT2D eigenvalue weighted by Gasteiger charge is -2.37. The number of nitrogens with zero attached hydrogens (tertiary/aromatic N) is 1. The van der Waals surface area contributed by atoms with Crippen molar-refractivity contribution >= 4 is 11.0 Å². The van der Waals surface area contributed by atoms with Crippen molar-refractivity contribution in [1.82, 2.24) is 9.97 Å². The molecule has 0 bridgehead atoms. The highest BCUT2D eigenvalue weighted by molar-refractivity contribution is 5.79. The van der Waals surface area contributed by atoms with Crippen molar-refractivity contribution in [2.75, 3.05) is 0 Å². The highest BCUT2D eigenvalue weighted by atomic mass is 14.9. The van der Waals surface area contributed by atoms with Gasteiger partial charge in [-0.3, -0.25) is 0 Å². The average molecular weight is 256 g/mol. The van der Waals surface area contributed by atoms with E-state index in [0.717, 1.165) is 5.52 Å². The predicted molar refractivity (Wildman–Crippen MR) is 80.6 cm³/mol. The number of imidazole rings is 1. The first-order valence-electron chi connectivity index (χ1n) is 7.44. The topological polar surface area (TPSA) is 28.7 Å². The largest absolute Gasteiger partial charge is 0.342 e. The van der Waals surface area contributed by atoms with Crippen LogP contribution in [0, 0.1) is 19.3 Å². The van der Waals surface area contributed by atoms with Gasteiger partial charge in [-0.25, -0.2) is 4.98 Å². The lowest BCUT2D eigenvalue weighted by molar-refractivity contribution is 0.193. The molecular weight excluding hydrogens is 232 g/mol. The van der Waals surface area contributed by atoms with Crippen LogP contribution in [0.1, 0.15) is 62.4 Å². The Morgan fingerprint density at radius 3 is 2.74 bits per heavy atom. The quantitative estimate of drug-likeness (QED) is 0.775. The summed E-state index contributed by atoms with van der Waals surface area (Å²) in [6, 6.07) is 4.44. The summed E-state index contributed by atoms with van der Waals surface area (Å²) in [6.07, 6.45) is 5.28. The van der Waals surface area contributed by atoms with Crippen LogP contribution < -0.4 is 0 Å². The van der Waals surface area contributed by atoms with Gasteiger partial charge >= 0.3 is 0 Å². The van der Waals surface area contributed by atoms with E-state index in [2.05, 4.69) is 44.8 Å². The van der Waals surface area contributed by atoms with Crippen LogP contribution in [0.2, 0.25) is 0 Å². The molecule has 0 saturated heterocycles. The molecule has 2 nitrogen and oxygen atoms in total. The van der Waals surface area contributed by atoms with Gasteiger partial charge in [-0.15, -0.1) is 0 Å². The van der Waals surface area contributed by atoms with E-state index in [9.17, 15) is 0 Å². The monoisotopic (exact) mass is 256 g/mol. The fourth-order valence-corrected chi connectivity index (χ4v) is 3.66. The molecule has 1 N–H and O–H groups in total. The summed E-state index contributed by atoms with van der Waals surface area (Å²) >= 11 is 0. The van der Waals surface area contributed by atoms with Gasteiger partial charge in [0.05, 0.1) is 11.0 Å². The van der Waals surface area contributed by atoms with Crippen LogP contribution in [0.5, 0.6) is 0 Å². The van der Waals surface area contributed by atoms with Crippen molar-refractivity contribution in [3.63, 3.8) is 0 Å². The number of nitrogens with one attached hydrogen (secondary N) is 1. The number of aromatic nitrogens is 2. The first kappa shape index (κ1) is 12.7. The molecule has 1 aromatic heterocycles. The Hall–Kier alpha value is -1.31. The number of benzene rings is 1. The van der Waals surface area contributed by atoms with Crippen LogP contribution in [0.4, 0.5) is 0 Å². The smallest absolute Gasteiger partial charge is 0.110 e. The Morgan fingerprint density at radius 2 is 2.00 bits per heavy atom. The predicted octanol–water partition coefficient (Wildman–Crippen LogP) is 4.86. The highest BCUT2D eigenvalue weighted by Crippen LogP contribution is 2.46. The number of hydrogen-bond acceptors (Lipinski definition) is 1. The number of aromatic amines is 1. The third-order valence-electron chi connectivity index (χ3n) is 4.78. The molecule has 0 spiro atoms. The number of fused-ring (bicyclic) bond motifs is 1. The number of aryl methyl sites for hydroxylation is 2. The summed E-state index contributed by atoms with van der Waals surface area (Å²) in [7, 11) is 0. The van der Waals surface area contributed by atoms with E-state index >= 15 is 0 Å². The maximum absolute atomic E-state index is 4.92. The Kier molecular flexibility index (Phi) is 2.92. The Labute approximate surface area is 115 Å². The molecule has 1 atom stereocenters. The molecule has 2 heteroatoms. The Balaban J connectivity index is 2.08. The second-order valence-electron chi connectivity index (χ2n) is 6.89. The molecular formula is C17H24N2. The minimum Gasteiger partial charge on any atom is -0.342 e. The van der Waals surface area contributed by atoms with Crippen LogP contribution >= 0.6 is 0 Å². The van der Waals surface area contributed by atoms with Gasteiger partial charge in [-0.2, -0.15) is 0 Å². The number of rotatable bonds is 1. The molecule has 102 valence electrons. The summed E-state index contributed by atoms with van der Waals surface area (Å²) in [5, 5.41) is 0. The van der Waals surface area contributed by atoms with Crippen LogP contribution in [-0.2, 0) is 0 Å². The molecule has 2 aromatic rings. The third-order valence-corrected chi connectivity index (χ3v) is 4.78. The second-order valence-corrected chi connectivity index (χ2v) is 6.89. The maximum atomic E-state index is 4.92. The maximum Gasteiger partial charge on any atom is 0.110 e. The van der Waals surface area contributed by atoms with Gasteiger partial charge in [0.1, 0.15) is 5.82 Å². The van der Waals surface area contributed by atoms with E-state index in [1.807, 2.05) is 0 Å². The molecule has 1 aliphatic carbocycles. The van der Waals surface area contributed by atoms with E-state index in [1.54, 1.807) is 0 Å². The minimum atomic E-state index is 0.370. The zero-order valence-corrected chi connectivity index (χ0v) is 12.5. The third kappa shape index (κ3) is 2.18. The molecule has 0 amide bonds. The SMILES string of the molecule is Cc1cc(C)c2nc(C3CCCCC3(C)C)[nH]c2c1. The molecule has 1 fully saturated rings. The van der Waals surface area contributed by atoms with Gasteiger partial charge in [-0.05, 0) is 49.3 Å². The lowest BCUT2D eigenvalue weighted by atomic mass is 9.68. The highest BCUT2D eigenvalue weighted by Gasteiger charge is 2.35. The Bertz CT molecular complexity index is 607. The van der Waals surface area contributed by atoms with E-state index < -0.39 is 0 Å². The van der Waals surface area contributed by atoms with Crippen LogP contribution in [-0.4, -0.2) is 9.97 Å². The van der Waals surface area contributed by atoms with Gasteiger partial charge in [0, 0.05) is 5.92 Å². The fraction of sp³-hybridized carbons (Fsp3) is 0.588. The molecule has 1 aliphatic rings. The van der Waals surface area contributed by atoms with E-state index in [0.29, 0.717) is 11.3 Å². The molecule has 3 rings (SSSR count). The van der Waals surface area contributed by atoms with E-state index in [1.165, 1.54) is 48.2 Å². The number of H-pyrrole nitrogens is 1. The van der Waals surface area contributed by atoms with Crippen molar-refractivity contribution in [2.24, 2.45) is 5.41 Å². The Morgan fingerprint density at radius 1 is 1.21 bits per heavy atom. The summed E-state index contributed by atoms with van der Waals surface area (Å²) in [6.45, 7) is 9.09. The summed E-state index contributed by atoms with van der Waals surface area (Å²) in [5.74, 6) is 1.78. The van der Waals surface area contributed by atoms with Crippen LogP contribution in [0.25, 0.3) is 11.0 Å². The zero-order valence-electron chi connectivity index (χ0n) is 12.5. The van der Waals surface area contributed by atoms with Crippen LogP contribution in [0.15, 0.2) is 12.1 Å². The zero-order chi connectivity index (χ0) is 13.6. The molecule has 19 heavy (non-hydrogen) atoms. The molecule has 1 unspecified atom stereocenters. The van der Waals surface area contributed by atoms with Gasteiger partial charge in [-0.1, -0.05) is 32.8 Å². The van der Waals surface area contributed by atoms with Gasteiger partial charge in [0.15, 0.2) is 0 Å². The van der Waals surface area contributed by atoms with Crippen molar-refractivity contribution < 1.29 is 0 Å². The van der Waals surface area contributed by atoms with Gasteiger partial charge in [0.25, 0.3) is 0 Å². The summed E-state index contributed by atoms with van der Waals surface area (Å²) in [5.41, 5.74) is 5.32. The first-order valence-corrected chi connectivity index (χ1v) is 7.44. The van der Waals surface area contributed by atoms with Gasteiger partial charge < -0.3 is 4.98 Å². The first-order chi connectivity index (χ1) is 8.97. The van der Waals surface area contributed by atoms with Crippen molar-refractivity contribution in [3.05, 3.63) is 29.1 Å². The molecule has 0 radical (unpaired) electrons.